The molecule has 7 nitrogen and oxygen atoms in total. The molecule has 1 atom stereocenters. The number of alkyl halides is 2. The van der Waals surface area contributed by atoms with Crippen molar-refractivity contribution >= 4 is 33.2 Å². The van der Waals surface area contributed by atoms with Gasteiger partial charge in [0.05, 0.1) is 10.9 Å². The molecule has 3 rings (SSSR count). The van der Waals surface area contributed by atoms with Gasteiger partial charge in [0.2, 0.25) is 15.9 Å². The second kappa shape index (κ2) is 6.95. The van der Waals surface area contributed by atoms with Gasteiger partial charge < -0.3 is 14.8 Å². The fourth-order valence-electron chi connectivity index (χ4n) is 2.27. The van der Waals surface area contributed by atoms with Gasteiger partial charge in [0.25, 0.3) is 0 Å². The molecule has 0 bridgehead atoms. The smallest absolute Gasteiger partial charge is 0.395 e. The monoisotopic (exact) mass is 418 g/mol. The van der Waals surface area contributed by atoms with Gasteiger partial charge in [-0.25, -0.2) is 8.42 Å². The SMILES string of the molecule is C[C@H](NS(=O)(=O)c1cccc(Cl)c1)C(=O)Nc1ccc2c(c1)OC(F)(F)O2. The van der Waals surface area contributed by atoms with Crippen LogP contribution in [0.3, 0.4) is 0 Å². The first-order valence-corrected chi connectivity index (χ1v) is 9.40. The van der Waals surface area contributed by atoms with Gasteiger partial charge in [-0.2, -0.15) is 4.72 Å². The van der Waals surface area contributed by atoms with Crippen LogP contribution in [0, 0.1) is 0 Å². The van der Waals surface area contributed by atoms with Crippen molar-refractivity contribution < 1.29 is 31.5 Å². The predicted molar refractivity (Wildman–Crippen MR) is 92.5 cm³/mol. The Balaban J connectivity index is 1.68. The summed E-state index contributed by atoms with van der Waals surface area (Å²) in [7, 11) is -3.98. The maximum Gasteiger partial charge on any atom is 0.586 e. The number of fused-ring (bicyclic) bond motifs is 1. The molecule has 2 N–H and O–H groups in total. The molecule has 2 aromatic rings. The summed E-state index contributed by atoms with van der Waals surface area (Å²) in [6.45, 7) is 1.33. The van der Waals surface area contributed by atoms with Crippen LogP contribution in [-0.2, 0) is 14.8 Å². The zero-order chi connectivity index (χ0) is 19.8. The Morgan fingerprint density at radius 1 is 1.15 bits per heavy atom. The summed E-state index contributed by atoms with van der Waals surface area (Å²) in [5.74, 6) is -1.12. The zero-order valence-corrected chi connectivity index (χ0v) is 15.3. The van der Waals surface area contributed by atoms with Crippen LogP contribution in [-0.4, -0.2) is 26.7 Å². The van der Waals surface area contributed by atoms with E-state index in [1.54, 1.807) is 0 Å². The van der Waals surface area contributed by atoms with E-state index in [4.69, 9.17) is 11.6 Å². The highest BCUT2D eigenvalue weighted by Crippen LogP contribution is 2.42. The average molecular weight is 419 g/mol. The van der Waals surface area contributed by atoms with Crippen LogP contribution in [0.15, 0.2) is 47.4 Å². The number of amides is 1. The number of nitrogens with one attached hydrogen (secondary N) is 2. The second-order valence-corrected chi connectivity index (χ2v) is 7.77. The Kier molecular flexibility index (Phi) is 4.98. The number of halogens is 3. The second-order valence-electron chi connectivity index (χ2n) is 5.62. The van der Waals surface area contributed by atoms with Gasteiger partial charge in [-0.3, -0.25) is 4.79 Å². The molecule has 0 radical (unpaired) electrons. The fraction of sp³-hybridized carbons (Fsp3) is 0.188. The van der Waals surface area contributed by atoms with E-state index in [1.165, 1.54) is 43.3 Å². The van der Waals surface area contributed by atoms with E-state index >= 15 is 0 Å². The van der Waals surface area contributed by atoms with E-state index in [0.717, 1.165) is 6.07 Å². The van der Waals surface area contributed by atoms with E-state index in [1.807, 2.05) is 0 Å². The van der Waals surface area contributed by atoms with Gasteiger partial charge in [0.1, 0.15) is 0 Å². The van der Waals surface area contributed by atoms with Gasteiger partial charge in [-0.05, 0) is 37.3 Å². The molecule has 27 heavy (non-hydrogen) atoms. The van der Waals surface area contributed by atoms with Crippen molar-refractivity contribution in [1.29, 1.82) is 0 Å². The van der Waals surface area contributed by atoms with Crippen LogP contribution in [0.4, 0.5) is 14.5 Å². The first kappa shape index (κ1) is 19.3. The Morgan fingerprint density at radius 2 is 1.85 bits per heavy atom. The number of carbonyl (C=O) groups is 1. The van der Waals surface area contributed by atoms with Crippen molar-refractivity contribution in [2.45, 2.75) is 24.2 Å². The highest BCUT2D eigenvalue weighted by molar-refractivity contribution is 7.89. The van der Waals surface area contributed by atoms with Crippen molar-refractivity contribution in [2.24, 2.45) is 0 Å². The third kappa shape index (κ3) is 4.46. The van der Waals surface area contributed by atoms with Gasteiger partial charge in [0, 0.05) is 16.8 Å². The highest BCUT2D eigenvalue weighted by atomic mass is 35.5. The van der Waals surface area contributed by atoms with E-state index in [-0.39, 0.29) is 27.1 Å². The van der Waals surface area contributed by atoms with Crippen LogP contribution in [0.2, 0.25) is 5.02 Å². The lowest BCUT2D eigenvalue weighted by Gasteiger charge is -2.15. The van der Waals surface area contributed by atoms with Crippen molar-refractivity contribution in [3.63, 3.8) is 0 Å². The fourth-order valence-corrected chi connectivity index (χ4v) is 3.77. The summed E-state index contributed by atoms with van der Waals surface area (Å²) in [5.41, 5.74) is 0.133. The molecule has 0 saturated heterocycles. The van der Waals surface area contributed by atoms with Crippen LogP contribution in [0.1, 0.15) is 6.92 Å². The summed E-state index contributed by atoms with van der Waals surface area (Å²) in [4.78, 5) is 12.1. The number of hydrogen-bond donors (Lipinski definition) is 2. The maximum absolute atomic E-state index is 13.0. The number of carbonyl (C=O) groups excluding carboxylic acids is 1. The lowest BCUT2D eigenvalue weighted by Crippen LogP contribution is -2.41. The molecule has 0 unspecified atom stereocenters. The minimum absolute atomic E-state index is 0.0973. The summed E-state index contributed by atoms with van der Waals surface area (Å²) >= 11 is 5.78. The lowest BCUT2D eigenvalue weighted by atomic mass is 10.2. The molecule has 11 heteroatoms. The minimum Gasteiger partial charge on any atom is -0.395 e. The van der Waals surface area contributed by atoms with Crippen molar-refractivity contribution in [1.82, 2.24) is 4.72 Å². The Hall–Kier alpha value is -2.43. The molecular weight excluding hydrogens is 406 g/mol. The van der Waals surface area contributed by atoms with E-state index < -0.39 is 28.3 Å². The Bertz CT molecular complexity index is 1000. The molecule has 1 amide bonds. The topological polar surface area (TPSA) is 93.7 Å². The molecule has 1 heterocycles. The van der Waals surface area contributed by atoms with Crippen LogP contribution in [0.5, 0.6) is 11.5 Å². The number of ether oxygens (including phenoxy) is 2. The minimum atomic E-state index is -3.98. The van der Waals surface area contributed by atoms with E-state index in [9.17, 15) is 22.0 Å². The number of sulfonamides is 1. The van der Waals surface area contributed by atoms with Gasteiger partial charge in [-0.1, -0.05) is 17.7 Å². The Morgan fingerprint density at radius 3 is 2.56 bits per heavy atom. The molecule has 0 saturated carbocycles. The molecule has 0 spiro atoms. The van der Waals surface area contributed by atoms with Crippen LogP contribution in [0.25, 0.3) is 0 Å². The van der Waals surface area contributed by atoms with Crippen molar-refractivity contribution in [3.8, 4) is 11.5 Å². The molecular formula is C16H13ClF2N2O5S. The molecule has 144 valence electrons. The third-order valence-corrected chi connectivity index (χ3v) is 5.27. The highest BCUT2D eigenvalue weighted by Gasteiger charge is 2.43. The number of benzene rings is 2. The zero-order valence-electron chi connectivity index (χ0n) is 13.7. The summed E-state index contributed by atoms with van der Waals surface area (Å²) in [6, 6.07) is 8.06. The normalized spacial score (nSPS) is 16.0. The maximum atomic E-state index is 13.0. The van der Waals surface area contributed by atoms with Crippen LogP contribution >= 0.6 is 11.6 Å². The standard InChI is InChI=1S/C16H13ClF2N2O5S/c1-9(21-27(23,24)12-4-2-3-10(17)7-12)15(22)20-11-5-6-13-14(8-11)26-16(18,19)25-13/h2-9,21H,1H3,(H,20,22)/t9-/m0/s1. The molecule has 0 aromatic heterocycles. The number of rotatable bonds is 5. The molecule has 1 aliphatic rings. The molecule has 1 aliphatic heterocycles. The van der Waals surface area contributed by atoms with Gasteiger partial charge >= 0.3 is 6.29 Å². The van der Waals surface area contributed by atoms with Crippen molar-refractivity contribution in [2.75, 3.05) is 5.32 Å². The number of hydrogen-bond acceptors (Lipinski definition) is 5. The van der Waals surface area contributed by atoms with Gasteiger partial charge in [-0.15, -0.1) is 8.78 Å². The Labute approximate surface area is 158 Å². The average Bonchev–Trinajstić information content (AvgIpc) is 2.87. The quantitative estimate of drug-likeness (QED) is 0.778. The summed E-state index contributed by atoms with van der Waals surface area (Å²) in [5, 5.41) is 2.64. The van der Waals surface area contributed by atoms with E-state index in [0.29, 0.717) is 0 Å². The van der Waals surface area contributed by atoms with Crippen LogP contribution < -0.4 is 19.5 Å². The first-order valence-electron chi connectivity index (χ1n) is 7.54. The van der Waals surface area contributed by atoms with E-state index in [2.05, 4.69) is 19.5 Å². The predicted octanol–water partition coefficient (Wildman–Crippen LogP) is 2.97. The van der Waals surface area contributed by atoms with Gasteiger partial charge in [0.15, 0.2) is 11.5 Å². The summed E-state index contributed by atoms with van der Waals surface area (Å²) < 4.78 is 61.4. The molecule has 2 aromatic carbocycles. The lowest BCUT2D eigenvalue weighted by molar-refractivity contribution is -0.286. The summed E-state index contributed by atoms with van der Waals surface area (Å²) in [6.07, 6.45) is -3.77. The van der Waals surface area contributed by atoms with Crippen molar-refractivity contribution in [3.05, 3.63) is 47.5 Å². The largest absolute Gasteiger partial charge is 0.586 e. The third-order valence-electron chi connectivity index (χ3n) is 3.50. The molecule has 0 fully saturated rings. The molecule has 0 aliphatic carbocycles. The number of anilines is 1. The first-order chi connectivity index (χ1) is 12.6.